The van der Waals surface area contributed by atoms with E-state index in [9.17, 15) is 17.2 Å². The molecule has 1 N–H and O–H groups in total. The van der Waals surface area contributed by atoms with Crippen molar-refractivity contribution in [2.75, 3.05) is 0 Å². The van der Waals surface area contributed by atoms with Gasteiger partial charge in [-0.05, 0) is 48.9 Å². The molecule has 0 aliphatic carbocycles. The van der Waals surface area contributed by atoms with Crippen LogP contribution < -0.4 is 4.72 Å². The maximum absolute atomic E-state index is 13.5. The second-order valence-corrected chi connectivity index (χ2v) is 7.09. The third kappa shape index (κ3) is 3.87. The Morgan fingerprint density at radius 1 is 1.14 bits per heavy atom. The van der Waals surface area contributed by atoms with Crippen molar-refractivity contribution in [2.24, 2.45) is 0 Å². The molecule has 0 amide bonds. The first kappa shape index (κ1) is 16.1. The minimum Gasteiger partial charge on any atom is -0.207 e. The quantitative estimate of drug-likeness (QED) is 0.888. The van der Waals surface area contributed by atoms with E-state index in [-0.39, 0.29) is 17.0 Å². The Hall–Kier alpha value is -1.31. The Morgan fingerprint density at radius 3 is 2.52 bits per heavy atom. The van der Waals surface area contributed by atoms with Crippen LogP contribution in [0.4, 0.5) is 8.78 Å². The average Bonchev–Trinajstić information content (AvgIpc) is 2.43. The van der Waals surface area contributed by atoms with Crippen molar-refractivity contribution in [3.63, 3.8) is 0 Å². The van der Waals surface area contributed by atoms with Gasteiger partial charge >= 0.3 is 0 Å². The first-order chi connectivity index (χ1) is 9.79. The standard InChI is InChI=1S/C14H12BrF2NO2S/c1-9-6-12(3-4-13(9)15)21(19,20)18-8-10-7-11(16)2-5-14(10)17/h2-7,18H,8H2,1H3. The van der Waals surface area contributed by atoms with Gasteiger partial charge in [-0.3, -0.25) is 0 Å². The lowest BCUT2D eigenvalue weighted by molar-refractivity contribution is 0.567. The van der Waals surface area contributed by atoms with Crippen molar-refractivity contribution in [1.82, 2.24) is 4.72 Å². The van der Waals surface area contributed by atoms with Crippen molar-refractivity contribution >= 4 is 26.0 Å². The van der Waals surface area contributed by atoms with Crippen LogP contribution in [0.3, 0.4) is 0 Å². The highest BCUT2D eigenvalue weighted by Gasteiger charge is 2.15. The second-order valence-electron chi connectivity index (χ2n) is 4.47. The molecule has 0 saturated heterocycles. The zero-order valence-electron chi connectivity index (χ0n) is 11.0. The number of hydrogen-bond donors (Lipinski definition) is 1. The van der Waals surface area contributed by atoms with Gasteiger partial charge in [0.1, 0.15) is 11.6 Å². The highest BCUT2D eigenvalue weighted by atomic mass is 79.9. The topological polar surface area (TPSA) is 46.2 Å². The van der Waals surface area contributed by atoms with Gasteiger partial charge in [-0.15, -0.1) is 0 Å². The van der Waals surface area contributed by atoms with Gasteiger partial charge in [-0.25, -0.2) is 21.9 Å². The van der Waals surface area contributed by atoms with Crippen LogP contribution >= 0.6 is 15.9 Å². The molecular formula is C14H12BrF2NO2S. The van der Waals surface area contributed by atoms with E-state index in [0.29, 0.717) is 0 Å². The van der Waals surface area contributed by atoms with E-state index in [1.54, 1.807) is 13.0 Å². The normalized spacial score (nSPS) is 11.6. The molecule has 2 rings (SSSR count). The molecule has 21 heavy (non-hydrogen) atoms. The van der Waals surface area contributed by atoms with Gasteiger partial charge in [0.05, 0.1) is 4.90 Å². The molecule has 0 aliphatic rings. The van der Waals surface area contributed by atoms with Gasteiger partial charge in [-0.2, -0.15) is 0 Å². The lowest BCUT2D eigenvalue weighted by Crippen LogP contribution is -2.24. The highest BCUT2D eigenvalue weighted by Crippen LogP contribution is 2.20. The summed E-state index contributed by atoms with van der Waals surface area (Å²) in [6, 6.07) is 7.45. The summed E-state index contributed by atoms with van der Waals surface area (Å²) >= 11 is 3.28. The fraction of sp³-hybridized carbons (Fsp3) is 0.143. The predicted octanol–water partition coefficient (Wildman–Crippen LogP) is 3.51. The van der Waals surface area contributed by atoms with Crippen molar-refractivity contribution in [2.45, 2.75) is 18.4 Å². The average molecular weight is 376 g/mol. The molecule has 0 fully saturated rings. The maximum atomic E-state index is 13.5. The summed E-state index contributed by atoms with van der Waals surface area (Å²) in [7, 11) is -3.79. The van der Waals surface area contributed by atoms with Crippen LogP contribution in [0.25, 0.3) is 0 Å². The summed E-state index contributed by atoms with van der Waals surface area (Å²) < 4.78 is 53.8. The molecule has 7 heteroatoms. The van der Waals surface area contributed by atoms with Crippen LogP contribution in [-0.4, -0.2) is 8.42 Å². The number of benzene rings is 2. The van der Waals surface area contributed by atoms with Gasteiger partial charge in [0, 0.05) is 16.6 Å². The molecule has 3 nitrogen and oxygen atoms in total. The lowest BCUT2D eigenvalue weighted by atomic mass is 10.2. The molecule has 112 valence electrons. The van der Waals surface area contributed by atoms with E-state index in [1.165, 1.54) is 12.1 Å². The van der Waals surface area contributed by atoms with Crippen molar-refractivity contribution in [3.05, 3.63) is 63.6 Å². The van der Waals surface area contributed by atoms with E-state index >= 15 is 0 Å². The second kappa shape index (κ2) is 6.21. The Kier molecular flexibility index (Phi) is 4.75. The molecule has 0 bridgehead atoms. The molecule has 2 aromatic rings. The van der Waals surface area contributed by atoms with Gasteiger partial charge in [0.2, 0.25) is 10.0 Å². The molecule has 0 aliphatic heterocycles. The number of halogens is 3. The maximum Gasteiger partial charge on any atom is 0.240 e. The molecule has 0 unspecified atom stereocenters. The largest absolute Gasteiger partial charge is 0.240 e. The first-order valence-electron chi connectivity index (χ1n) is 5.99. The molecule has 0 radical (unpaired) electrons. The Bertz CT molecular complexity index is 779. The molecular weight excluding hydrogens is 364 g/mol. The predicted molar refractivity (Wildman–Crippen MR) is 79.3 cm³/mol. The number of aryl methyl sites for hydroxylation is 1. The first-order valence-corrected chi connectivity index (χ1v) is 8.27. The Balaban J connectivity index is 2.21. The van der Waals surface area contributed by atoms with Crippen LogP contribution in [0.5, 0.6) is 0 Å². The fourth-order valence-corrected chi connectivity index (χ4v) is 3.06. The van der Waals surface area contributed by atoms with Crippen molar-refractivity contribution in [3.8, 4) is 0 Å². The van der Waals surface area contributed by atoms with E-state index in [0.717, 1.165) is 28.2 Å². The Morgan fingerprint density at radius 2 is 1.86 bits per heavy atom. The number of hydrogen-bond acceptors (Lipinski definition) is 2. The smallest absolute Gasteiger partial charge is 0.207 e. The van der Waals surface area contributed by atoms with Gasteiger partial charge < -0.3 is 0 Å². The summed E-state index contributed by atoms with van der Waals surface area (Å²) in [5, 5.41) is 0. The van der Waals surface area contributed by atoms with E-state index in [1.807, 2.05) is 0 Å². The summed E-state index contributed by atoms with van der Waals surface area (Å²) in [5.41, 5.74) is 0.710. The molecule has 0 aromatic heterocycles. The highest BCUT2D eigenvalue weighted by molar-refractivity contribution is 9.10. The third-order valence-electron chi connectivity index (χ3n) is 2.90. The minimum atomic E-state index is -3.79. The number of sulfonamides is 1. The van der Waals surface area contributed by atoms with Crippen molar-refractivity contribution in [1.29, 1.82) is 0 Å². The molecule has 0 heterocycles. The Labute approximate surface area is 130 Å². The van der Waals surface area contributed by atoms with Crippen LogP contribution in [0.1, 0.15) is 11.1 Å². The minimum absolute atomic E-state index is 0.0487. The fourth-order valence-electron chi connectivity index (χ4n) is 1.72. The number of nitrogens with one attached hydrogen (secondary N) is 1. The van der Waals surface area contributed by atoms with E-state index < -0.39 is 21.7 Å². The summed E-state index contributed by atoms with van der Waals surface area (Å²) in [6.45, 7) is 1.44. The van der Waals surface area contributed by atoms with Crippen LogP contribution in [0.2, 0.25) is 0 Å². The van der Waals surface area contributed by atoms with Crippen LogP contribution in [-0.2, 0) is 16.6 Å². The van der Waals surface area contributed by atoms with Gasteiger partial charge in [0.25, 0.3) is 0 Å². The molecule has 0 spiro atoms. The zero-order valence-corrected chi connectivity index (χ0v) is 13.4. The molecule has 0 saturated carbocycles. The molecule has 2 aromatic carbocycles. The SMILES string of the molecule is Cc1cc(S(=O)(=O)NCc2cc(F)ccc2F)ccc1Br. The zero-order chi connectivity index (χ0) is 15.6. The van der Waals surface area contributed by atoms with E-state index in [4.69, 9.17) is 0 Å². The van der Waals surface area contributed by atoms with Crippen LogP contribution in [0.15, 0.2) is 45.8 Å². The van der Waals surface area contributed by atoms with Gasteiger partial charge in [-0.1, -0.05) is 15.9 Å². The number of rotatable bonds is 4. The van der Waals surface area contributed by atoms with Crippen molar-refractivity contribution < 1.29 is 17.2 Å². The third-order valence-corrected chi connectivity index (χ3v) is 5.19. The molecule has 0 atom stereocenters. The summed E-state index contributed by atoms with van der Waals surface area (Å²) in [4.78, 5) is 0.0695. The summed E-state index contributed by atoms with van der Waals surface area (Å²) in [5.74, 6) is -1.28. The monoisotopic (exact) mass is 375 g/mol. The van der Waals surface area contributed by atoms with E-state index in [2.05, 4.69) is 20.7 Å². The lowest BCUT2D eigenvalue weighted by Gasteiger charge is -2.09. The van der Waals surface area contributed by atoms with Gasteiger partial charge in [0.15, 0.2) is 0 Å². The summed E-state index contributed by atoms with van der Waals surface area (Å²) in [6.07, 6.45) is 0. The van der Waals surface area contributed by atoms with Crippen LogP contribution in [0, 0.1) is 18.6 Å².